The first kappa shape index (κ1) is 15.0. The maximum absolute atomic E-state index is 5.64. The van der Waals surface area contributed by atoms with Crippen molar-refractivity contribution in [1.29, 1.82) is 0 Å². The van der Waals surface area contributed by atoms with Crippen LogP contribution >= 0.6 is 11.3 Å². The fraction of sp³-hybridized carbons (Fsp3) is 0.571. The number of nitrogens with one attached hydrogen (secondary N) is 2. The Labute approximate surface area is 123 Å². The van der Waals surface area contributed by atoms with Crippen LogP contribution in [0.25, 0.3) is 0 Å². The van der Waals surface area contributed by atoms with Crippen LogP contribution in [-0.4, -0.2) is 16.7 Å². The number of hydrogen-bond donors (Lipinski definition) is 2. The number of rotatable bonds is 6. The van der Waals surface area contributed by atoms with E-state index in [0.717, 1.165) is 6.54 Å². The molecule has 0 radical (unpaired) electrons. The highest BCUT2D eigenvalue weighted by Crippen LogP contribution is 2.28. The molecule has 0 aliphatic carbocycles. The summed E-state index contributed by atoms with van der Waals surface area (Å²) >= 11 is 1.81. The van der Waals surface area contributed by atoms with Crippen molar-refractivity contribution in [2.45, 2.75) is 46.7 Å². The van der Waals surface area contributed by atoms with Gasteiger partial charge in [-0.15, -0.1) is 16.4 Å². The van der Waals surface area contributed by atoms with Gasteiger partial charge in [0, 0.05) is 9.75 Å². The molecule has 0 aliphatic rings. The normalized spacial score (nSPS) is 14.2. The smallest absolute Gasteiger partial charge is 0.316 e. The van der Waals surface area contributed by atoms with Crippen LogP contribution < -0.4 is 10.6 Å². The Hall–Kier alpha value is -1.40. The van der Waals surface area contributed by atoms with E-state index < -0.39 is 0 Å². The summed E-state index contributed by atoms with van der Waals surface area (Å²) in [5, 5.41) is 14.6. The monoisotopic (exact) mass is 294 g/mol. The summed E-state index contributed by atoms with van der Waals surface area (Å²) in [6.45, 7) is 11.3. The number of anilines is 1. The van der Waals surface area contributed by atoms with Gasteiger partial charge in [-0.3, -0.25) is 0 Å². The van der Waals surface area contributed by atoms with Gasteiger partial charge in [0.25, 0.3) is 0 Å². The van der Waals surface area contributed by atoms with E-state index in [1.165, 1.54) is 15.3 Å². The van der Waals surface area contributed by atoms with Crippen LogP contribution in [0, 0.1) is 13.8 Å². The predicted molar refractivity (Wildman–Crippen MR) is 82.2 cm³/mol. The van der Waals surface area contributed by atoms with Crippen molar-refractivity contribution >= 4 is 17.4 Å². The third-order valence-corrected chi connectivity index (χ3v) is 4.19. The topological polar surface area (TPSA) is 63.0 Å². The van der Waals surface area contributed by atoms with E-state index in [4.69, 9.17) is 4.42 Å². The minimum absolute atomic E-state index is 0.0727. The van der Waals surface area contributed by atoms with Crippen molar-refractivity contribution in [3.63, 3.8) is 0 Å². The highest BCUT2D eigenvalue weighted by molar-refractivity contribution is 7.12. The number of aromatic nitrogens is 2. The summed E-state index contributed by atoms with van der Waals surface area (Å²) in [4.78, 5) is 2.64. The molecule has 2 aromatic heterocycles. The Bertz CT molecular complexity index is 563. The molecular weight excluding hydrogens is 272 g/mol. The molecule has 20 heavy (non-hydrogen) atoms. The van der Waals surface area contributed by atoms with Crippen molar-refractivity contribution < 1.29 is 4.42 Å². The Morgan fingerprint density at radius 3 is 2.60 bits per heavy atom. The van der Waals surface area contributed by atoms with E-state index in [-0.39, 0.29) is 12.1 Å². The van der Waals surface area contributed by atoms with Crippen molar-refractivity contribution in [1.82, 2.24) is 15.5 Å². The second-order valence-electron chi connectivity index (χ2n) is 4.96. The lowest BCUT2D eigenvalue weighted by Gasteiger charge is -2.11. The molecule has 0 fully saturated rings. The highest BCUT2D eigenvalue weighted by Gasteiger charge is 2.16. The lowest BCUT2D eigenvalue weighted by molar-refractivity contribution is 0.427. The summed E-state index contributed by atoms with van der Waals surface area (Å²) in [6, 6.07) is 2.91. The first-order chi connectivity index (χ1) is 9.51. The first-order valence-corrected chi connectivity index (χ1v) is 7.73. The fourth-order valence-corrected chi connectivity index (χ4v) is 3.23. The Morgan fingerprint density at radius 2 is 2.00 bits per heavy atom. The summed E-state index contributed by atoms with van der Waals surface area (Å²) in [5.41, 5.74) is 1.28. The molecule has 2 N–H and O–H groups in total. The van der Waals surface area contributed by atoms with Gasteiger partial charge in [0.05, 0.1) is 12.1 Å². The average Bonchev–Trinajstić information content (AvgIpc) is 2.96. The van der Waals surface area contributed by atoms with Gasteiger partial charge in [0.2, 0.25) is 5.89 Å². The summed E-state index contributed by atoms with van der Waals surface area (Å²) in [5.74, 6) is 0.611. The molecule has 0 aromatic carbocycles. The molecular formula is C14H22N4OS. The summed E-state index contributed by atoms with van der Waals surface area (Å²) in [7, 11) is 0. The zero-order valence-corrected chi connectivity index (χ0v) is 13.5. The van der Waals surface area contributed by atoms with Gasteiger partial charge in [0.1, 0.15) is 0 Å². The van der Waals surface area contributed by atoms with Gasteiger partial charge in [-0.1, -0.05) is 12.0 Å². The lowest BCUT2D eigenvalue weighted by Crippen LogP contribution is -2.17. The van der Waals surface area contributed by atoms with E-state index in [9.17, 15) is 0 Å². The van der Waals surface area contributed by atoms with Gasteiger partial charge in [-0.25, -0.2) is 0 Å². The predicted octanol–water partition coefficient (Wildman–Crippen LogP) is 3.59. The van der Waals surface area contributed by atoms with E-state index in [2.05, 4.69) is 54.6 Å². The molecule has 2 aromatic rings. The quantitative estimate of drug-likeness (QED) is 0.852. The highest BCUT2D eigenvalue weighted by atomic mass is 32.1. The lowest BCUT2D eigenvalue weighted by atomic mass is 10.1. The molecule has 5 nitrogen and oxygen atoms in total. The van der Waals surface area contributed by atoms with Gasteiger partial charge in [-0.2, -0.15) is 0 Å². The van der Waals surface area contributed by atoms with E-state index in [0.29, 0.717) is 11.9 Å². The minimum atomic E-state index is 0.0727. The van der Waals surface area contributed by atoms with Crippen molar-refractivity contribution in [3.05, 3.63) is 27.3 Å². The molecule has 2 atom stereocenters. The van der Waals surface area contributed by atoms with Gasteiger partial charge in [-0.05, 0) is 45.9 Å². The van der Waals surface area contributed by atoms with E-state index in [1.807, 2.05) is 18.3 Å². The minimum Gasteiger partial charge on any atom is -0.406 e. The molecule has 6 heteroatoms. The Balaban J connectivity index is 2.05. The number of hydrogen-bond acceptors (Lipinski definition) is 6. The largest absolute Gasteiger partial charge is 0.406 e. The molecule has 0 amide bonds. The molecule has 0 saturated heterocycles. The Morgan fingerprint density at radius 1 is 1.25 bits per heavy atom. The third-order valence-electron chi connectivity index (χ3n) is 3.21. The van der Waals surface area contributed by atoms with Crippen molar-refractivity contribution in [2.24, 2.45) is 0 Å². The van der Waals surface area contributed by atoms with Crippen LogP contribution in [0.5, 0.6) is 0 Å². The second kappa shape index (κ2) is 6.37. The van der Waals surface area contributed by atoms with Crippen LogP contribution in [0.15, 0.2) is 10.5 Å². The number of aryl methyl sites for hydroxylation is 2. The maximum atomic E-state index is 5.64. The summed E-state index contributed by atoms with van der Waals surface area (Å²) < 4.78 is 5.64. The van der Waals surface area contributed by atoms with Crippen molar-refractivity contribution in [3.8, 4) is 0 Å². The molecule has 0 spiro atoms. The van der Waals surface area contributed by atoms with Gasteiger partial charge >= 0.3 is 6.01 Å². The van der Waals surface area contributed by atoms with E-state index >= 15 is 0 Å². The molecule has 110 valence electrons. The molecule has 0 bridgehead atoms. The molecule has 2 heterocycles. The van der Waals surface area contributed by atoms with Crippen LogP contribution in [0.2, 0.25) is 0 Å². The molecule has 2 rings (SSSR count). The molecule has 2 unspecified atom stereocenters. The SMILES string of the molecule is CCNC(C)c1nnc(NC(C)c2cc(C)sc2C)o1. The summed E-state index contributed by atoms with van der Waals surface area (Å²) in [6.07, 6.45) is 0. The standard InChI is InChI=1S/C14H22N4OS/c1-6-15-10(4)13-17-18-14(19-13)16-9(3)12-7-8(2)20-11(12)5/h7,9-10,15H,6H2,1-5H3,(H,16,18). The van der Waals surface area contributed by atoms with E-state index in [1.54, 1.807) is 0 Å². The molecule has 0 aliphatic heterocycles. The Kier molecular flexibility index (Phi) is 4.77. The van der Waals surface area contributed by atoms with Crippen molar-refractivity contribution in [2.75, 3.05) is 11.9 Å². The average molecular weight is 294 g/mol. The zero-order chi connectivity index (χ0) is 14.7. The van der Waals surface area contributed by atoms with Crippen LogP contribution in [0.4, 0.5) is 6.01 Å². The van der Waals surface area contributed by atoms with Crippen LogP contribution in [0.1, 0.15) is 54.1 Å². The first-order valence-electron chi connectivity index (χ1n) is 6.91. The number of nitrogens with zero attached hydrogens (tertiary/aromatic N) is 2. The zero-order valence-electron chi connectivity index (χ0n) is 12.7. The van der Waals surface area contributed by atoms with Gasteiger partial charge < -0.3 is 15.1 Å². The van der Waals surface area contributed by atoms with Gasteiger partial charge in [0.15, 0.2) is 0 Å². The molecule has 0 saturated carbocycles. The van der Waals surface area contributed by atoms with Crippen LogP contribution in [-0.2, 0) is 0 Å². The fourth-order valence-electron chi connectivity index (χ4n) is 2.20. The third kappa shape index (κ3) is 3.37. The van der Waals surface area contributed by atoms with Crippen LogP contribution in [0.3, 0.4) is 0 Å². The number of thiophene rings is 1. The second-order valence-corrected chi connectivity index (χ2v) is 6.42. The maximum Gasteiger partial charge on any atom is 0.316 e.